The Morgan fingerprint density at radius 2 is 1.86 bits per heavy atom. The van der Waals surface area contributed by atoms with Gasteiger partial charge in [-0.15, -0.1) is 0 Å². The van der Waals surface area contributed by atoms with Crippen LogP contribution in [0.4, 0.5) is 0 Å². The molecule has 35 heavy (non-hydrogen) atoms. The summed E-state index contributed by atoms with van der Waals surface area (Å²) in [5, 5.41) is 6.85. The van der Waals surface area contributed by atoms with Crippen molar-refractivity contribution >= 4 is 11.8 Å². The lowest BCUT2D eigenvalue weighted by atomic mass is 9.96. The van der Waals surface area contributed by atoms with Crippen LogP contribution in [0.25, 0.3) is 11.4 Å². The second-order valence-electron chi connectivity index (χ2n) is 8.69. The SMILES string of the molecule is COc1ccc(-c2noc(C3CCN(C(=O)CNC(=O)c4ccccc4)CC3)n2)cc1OC(C)C. The van der Waals surface area contributed by atoms with Crippen LogP contribution < -0.4 is 14.8 Å². The van der Waals surface area contributed by atoms with Crippen LogP contribution >= 0.6 is 0 Å². The number of likely N-dealkylation sites (tertiary alicyclic amines) is 1. The monoisotopic (exact) mass is 478 g/mol. The van der Waals surface area contributed by atoms with Crippen molar-refractivity contribution in [1.82, 2.24) is 20.4 Å². The molecular weight excluding hydrogens is 448 g/mol. The number of hydrogen-bond donors (Lipinski definition) is 1. The smallest absolute Gasteiger partial charge is 0.251 e. The number of nitrogens with zero attached hydrogens (tertiary/aromatic N) is 3. The molecule has 2 amide bonds. The van der Waals surface area contributed by atoms with E-state index < -0.39 is 0 Å². The van der Waals surface area contributed by atoms with E-state index in [1.807, 2.05) is 38.1 Å². The van der Waals surface area contributed by atoms with Gasteiger partial charge in [0.2, 0.25) is 17.6 Å². The largest absolute Gasteiger partial charge is 0.493 e. The summed E-state index contributed by atoms with van der Waals surface area (Å²) < 4.78 is 16.8. The van der Waals surface area contributed by atoms with E-state index in [0.717, 1.165) is 5.56 Å². The van der Waals surface area contributed by atoms with Crippen LogP contribution in [0.3, 0.4) is 0 Å². The Labute approximate surface area is 204 Å². The molecule has 3 aromatic rings. The first-order chi connectivity index (χ1) is 16.9. The Balaban J connectivity index is 1.32. The summed E-state index contributed by atoms with van der Waals surface area (Å²) in [5.74, 6) is 2.03. The van der Waals surface area contributed by atoms with Gasteiger partial charge in [-0.1, -0.05) is 23.4 Å². The van der Waals surface area contributed by atoms with Crippen LogP contribution in [-0.4, -0.2) is 59.7 Å². The number of benzene rings is 2. The normalized spacial score (nSPS) is 14.1. The van der Waals surface area contributed by atoms with Gasteiger partial charge in [0.25, 0.3) is 5.91 Å². The lowest BCUT2D eigenvalue weighted by Crippen LogP contribution is -2.43. The number of hydrogen-bond acceptors (Lipinski definition) is 7. The molecule has 1 fully saturated rings. The van der Waals surface area contributed by atoms with Crippen LogP contribution in [0, 0.1) is 0 Å². The van der Waals surface area contributed by atoms with Crippen molar-refractivity contribution in [3.05, 3.63) is 60.0 Å². The standard InChI is InChI=1S/C26H30N4O5/c1-17(2)34-22-15-20(9-10-21(22)33-3)24-28-26(35-29-24)19-11-13-30(14-12-19)23(31)16-27-25(32)18-7-5-4-6-8-18/h4-10,15,17,19H,11-14,16H2,1-3H3,(H,27,32). The molecule has 2 aromatic carbocycles. The van der Waals surface area contributed by atoms with Crippen molar-refractivity contribution in [3.8, 4) is 22.9 Å². The number of nitrogens with one attached hydrogen (secondary N) is 1. The number of carbonyl (C=O) groups excluding carboxylic acids is 2. The van der Waals surface area contributed by atoms with Gasteiger partial charge in [0.1, 0.15) is 0 Å². The van der Waals surface area contributed by atoms with Crippen LogP contribution in [0.15, 0.2) is 53.1 Å². The van der Waals surface area contributed by atoms with Gasteiger partial charge < -0.3 is 24.2 Å². The third-order valence-electron chi connectivity index (χ3n) is 5.86. The molecule has 0 spiro atoms. The topological polar surface area (TPSA) is 107 Å². The fourth-order valence-electron chi connectivity index (χ4n) is 4.02. The van der Waals surface area contributed by atoms with Gasteiger partial charge in [0, 0.05) is 30.1 Å². The fraction of sp³-hybridized carbons (Fsp3) is 0.385. The van der Waals surface area contributed by atoms with Crippen molar-refractivity contribution in [2.24, 2.45) is 0 Å². The summed E-state index contributed by atoms with van der Waals surface area (Å²) in [6.07, 6.45) is 1.42. The molecule has 1 saturated heterocycles. The van der Waals surface area contributed by atoms with Gasteiger partial charge in [-0.3, -0.25) is 9.59 Å². The predicted octanol–water partition coefficient (Wildman–Crippen LogP) is 3.67. The molecule has 1 aliphatic heterocycles. The van der Waals surface area contributed by atoms with Crippen LogP contribution in [0.2, 0.25) is 0 Å². The fourth-order valence-corrected chi connectivity index (χ4v) is 4.02. The molecular formula is C26H30N4O5. The summed E-state index contributed by atoms with van der Waals surface area (Å²) in [6, 6.07) is 14.4. The van der Waals surface area contributed by atoms with Crippen molar-refractivity contribution < 1.29 is 23.6 Å². The second-order valence-corrected chi connectivity index (χ2v) is 8.69. The number of aromatic nitrogens is 2. The van der Waals surface area contributed by atoms with Gasteiger partial charge in [-0.05, 0) is 57.0 Å². The molecule has 2 heterocycles. The molecule has 4 rings (SSSR count). The maximum Gasteiger partial charge on any atom is 0.251 e. The zero-order valence-corrected chi connectivity index (χ0v) is 20.2. The van der Waals surface area contributed by atoms with Crippen molar-refractivity contribution in [3.63, 3.8) is 0 Å². The summed E-state index contributed by atoms with van der Waals surface area (Å²) in [6.45, 7) is 5.01. The average Bonchev–Trinajstić information content (AvgIpc) is 3.38. The summed E-state index contributed by atoms with van der Waals surface area (Å²) >= 11 is 0. The van der Waals surface area contributed by atoms with Crippen molar-refractivity contribution in [2.45, 2.75) is 38.7 Å². The van der Waals surface area contributed by atoms with E-state index in [-0.39, 0.29) is 30.4 Å². The average molecular weight is 479 g/mol. The zero-order chi connectivity index (χ0) is 24.8. The summed E-state index contributed by atoms with van der Waals surface area (Å²) in [5.41, 5.74) is 1.31. The molecule has 0 atom stereocenters. The van der Waals surface area contributed by atoms with Gasteiger partial charge >= 0.3 is 0 Å². The number of rotatable bonds is 8. The minimum Gasteiger partial charge on any atom is -0.493 e. The summed E-state index contributed by atoms with van der Waals surface area (Å²) in [4.78, 5) is 31.1. The van der Waals surface area contributed by atoms with E-state index in [0.29, 0.717) is 54.7 Å². The Morgan fingerprint density at radius 1 is 1.11 bits per heavy atom. The van der Waals surface area contributed by atoms with E-state index in [9.17, 15) is 9.59 Å². The van der Waals surface area contributed by atoms with Crippen LogP contribution in [0.1, 0.15) is 48.9 Å². The first-order valence-electron chi connectivity index (χ1n) is 11.7. The molecule has 9 heteroatoms. The molecule has 0 unspecified atom stereocenters. The maximum atomic E-state index is 12.6. The number of piperidine rings is 1. The highest BCUT2D eigenvalue weighted by atomic mass is 16.5. The Hall–Kier alpha value is -3.88. The van der Waals surface area contributed by atoms with Gasteiger partial charge in [-0.2, -0.15) is 4.98 Å². The van der Waals surface area contributed by atoms with Gasteiger partial charge in [0.05, 0.1) is 19.8 Å². The minimum absolute atomic E-state index is 0.000432. The molecule has 0 aliphatic carbocycles. The molecule has 184 valence electrons. The van der Waals surface area contributed by atoms with E-state index in [1.54, 1.807) is 36.3 Å². The number of amides is 2. The minimum atomic E-state index is -0.257. The second kappa shape index (κ2) is 11.0. The first kappa shape index (κ1) is 24.3. The maximum absolute atomic E-state index is 12.6. The Bertz CT molecular complexity index is 1150. The first-order valence-corrected chi connectivity index (χ1v) is 11.7. The highest BCUT2D eigenvalue weighted by Gasteiger charge is 2.28. The molecule has 1 aromatic heterocycles. The van der Waals surface area contributed by atoms with E-state index in [2.05, 4.69) is 15.5 Å². The Morgan fingerprint density at radius 3 is 2.54 bits per heavy atom. The molecule has 0 saturated carbocycles. The van der Waals surface area contributed by atoms with E-state index in [4.69, 9.17) is 14.0 Å². The van der Waals surface area contributed by atoms with Crippen LogP contribution in [0.5, 0.6) is 11.5 Å². The lowest BCUT2D eigenvalue weighted by molar-refractivity contribution is -0.131. The van der Waals surface area contributed by atoms with Crippen molar-refractivity contribution in [2.75, 3.05) is 26.7 Å². The predicted molar refractivity (Wildman–Crippen MR) is 129 cm³/mol. The third-order valence-corrected chi connectivity index (χ3v) is 5.86. The highest BCUT2D eigenvalue weighted by Crippen LogP contribution is 2.34. The number of carbonyl (C=O) groups is 2. The molecule has 9 nitrogen and oxygen atoms in total. The third kappa shape index (κ3) is 5.98. The summed E-state index contributed by atoms with van der Waals surface area (Å²) in [7, 11) is 1.60. The highest BCUT2D eigenvalue weighted by molar-refractivity contribution is 5.96. The van der Waals surface area contributed by atoms with Gasteiger partial charge in [-0.25, -0.2) is 0 Å². The van der Waals surface area contributed by atoms with Crippen LogP contribution in [-0.2, 0) is 4.79 Å². The lowest BCUT2D eigenvalue weighted by Gasteiger charge is -2.30. The molecule has 0 bridgehead atoms. The van der Waals surface area contributed by atoms with E-state index in [1.165, 1.54) is 0 Å². The molecule has 0 radical (unpaired) electrons. The zero-order valence-electron chi connectivity index (χ0n) is 20.2. The number of methoxy groups -OCH3 is 1. The van der Waals surface area contributed by atoms with Crippen molar-refractivity contribution in [1.29, 1.82) is 0 Å². The quantitative estimate of drug-likeness (QED) is 0.526. The van der Waals surface area contributed by atoms with Gasteiger partial charge in [0.15, 0.2) is 11.5 Å². The molecule has 1 aliphatic rings. The molecule has 1 N–H and O–H groups in total. The Kier molecular flexibility index (Phi) is 7.64. The van der Waals surface area contributed by atoms with E-state index >= 15 is 0 Å². The number of ether oxygens (including phenoxy) is 2.